The Bertz CT molecular complexity index is 1010. The van der Waals surface area contributed by atoms with Crippen LogP contribution in [0.2, 0.25) is 0 Å². The zero-order valence-corrected chi connectivity index (χ0v) is 14.4. The molecule has 0 aliphatic heterocycles. The lowest BCUT2D eigenvalue weighted by Crippen LogP contribution is -2.17. The molecule has 2 N–H and O–H groups in total. The van der Waals surface area contributed by atoms with Crippen LogP contribution in [-0.4, -0.2) is 23.0 Å². The van der Waals surface area contributed by atoms with Crippen LogP contribution in [0.4, 0.5) is 11.4 Å². The van der Waals surface area contributed by atoms with E-state index in [1.165, 1.54) is 48.9 Å². The Morgan fingerprint density at radius 1 is 1.00 bits per heavy atom. The fourth-order valence-corrected chi connectivity index (χ4v) is 2.22. The van der Waals surface area contributed by atoms with Crippen molar-refractivity contribution in [3.8, 4) is 0 Å². The lowest BCUT2D eigenvalue weighted by atomic mass is 10.2. The first-order valence-corrected chi connectivity index (χ1v) is 8.06. The van der Waals surface area contributed by atoms with Crippen molar-refractivity contribution >= 4 is 29.4 Å². The van der Waals surface area contributed by atoms with Gasteiger partial charge in [-0.1, -0.05) is 0 Å². The molecule has 3 rings (SSSR count). The fourth-order valence-electron chi connectivity index (χ4n) is 2.22. The summed E-state index contributed by atoms with van der Waals surface area (Å²) >= 11 is 0. The maximum Gasteiger partial charge on any atom is 0.291 e. The van der Waals surface area contributed by atoms with E-state index in [4.69, 9.17) is 4.42 Å². The molecule has 0 saturated heterocycles. The first-order chi connectivity index (χ1) is 13.5. The number of nitro benzene ring substituents is 1. The van der Waals surface area contributed by atoms with E-state index in [0.29, 0.717) is 16.8 Å². The van der Waals surface area contributed by atoms with Gasteiger partial charge in [0.05, 0.1) is 17.4 Å². The van der Waals surface area contributed by atoms with Crippen molar-refractivity contribution in [3.05, 3.63) is 93.9 Å². The molecule has 2 aromatic carbocycles. The molecule has 140 valence electrons. The highest BCUT2D eigenvalue weighted by Gasteiger charge is 2.09. The van der Waals surface area contributed by atoms with E-state index in [0.717, 1.165) is 0 Å². The lowest BCUT2D eigenvalue weighted by molar-refractivity contribution is -0.384. The highest BCUT2D eigenvalue weighted by molar-refractivity contribution is 6.02. The van der Waals surface area contributed by atoms with Crippen LogP contribution in [0.5, 0.6) is 0 Å². The van der Waals surface area contributed by atoms with Gasteiger partial charge in [-0.05, 0) is 54.1 Å². The summed E-state index contributed by atoms with van der Waals surface area (Å²) in [6.07, 6.45) is 2.78. The standard InChI is InChI=1S/C19H14N4O5/c24-18(22-20-12-13-3-9-16(10-4-13)23(26)27)14-5-7-15(8-6-14)21-19(25)17-2-1-11-28-17/h1-12H,(H,21,25)(H,22,24)/b20-12-. The van der Waals surface area contributed by atoms with Crippen LogP contribution in [0.3, 0.4) is 0 Å². The molecule has 1 aromatic heterocycles. The summed E-state index contributed by atoms with van der Waals surface area (Å²) in [4.78, 5) is 34.1. The van der Waals surface area contributed by atoms with E-state index in [9.17, 15) is 19.7 Å². The van der Waals surface area contributed by atoms with Crippen LogP contribution in [0.25, 0.3) is 0 Å². The molecule has 0 aliphatic rings. The topological polar surface area (TPSA) is 127 Å². The van der Waals surface area contributed by atoms with Crippen LogP contribution < -0.4 is 10.7 Å². The van der Waals surface area contributed by atoms with Crippen molar-refractivity contribution in [2.24, 2.45) is 5.10 Å². The SMILES string of the molecule is O=C(N/N=C\c1ccc([N+](=O)[O-])cc1)c1ccc(NC(=O)c2ccco2)cc1. The number of nitrogens with one attached hydrogen (secondary N) is 2. The summed E-state index contributed by atoms with van der Waals surface area (Å²) in [5.74, 6) is -0.653. The van der Waals surface area contributed by atoms with Gasteiger partial charge in [-0.2, -0.15) is 5.10 Å². The zero-order valence-electron chi connectivity index (χ0n) is 14.4. The number of hydrogen-bond acceptors (Lipinski definition) is 6. The van der Waals surface area contributed by atoms with Gasteiger partial charge in [0.2, 0.25) is 0 Å². The number of nitrogens with zero attached hydrogens (tertiary/aromatic N) is 2. The summed E-state index contributed by atoms with van der Waals surface area (Å²) in [5.41, 5.74) is 3.78. The number of amides is 2. The number of benzene rings is 2. The van der Waals surface area contributed by atoms with Crippen molar-refractivity contribution in [2.45, 2.75) is 0 Å². The Morgan fingerprint density at radius 2 is 1.71 bits per heavy atom. The first-order valence-electron chi connectivity index (χ1n) is 8.06. The molecule has 0 atom stereocenters. The number of hydrazone groups is 1. The molecule has 0 aliphatic carbocycles. The summed E-state index contributed by atoms with van der Waals surface area (Å²) in [6, 6.07) is 15.1. The molecule has 0 saturated carbocycles. The third-order valence-corrected chi connectivity index (χ3v) is 3.63. The van der Waals surface area contributed by atoms with Gasteiger partial charge < -0.3 is 9.73 Å². The summed E-state index contributed by atoms with van der Waals surface area (Å²) in [5, 5.41) is 17.1. The molecule has 1 heterocycles. The van der Waals surface area contributed by atoms with E-state index in [2.05, 4.69) is 15.8 Å². The molecule has 9 heteroatoms. The van der Waals surface area contributed by atoms with Crippen molar-refractivity contribution in [1.82, 2.24) is 5.43 Å². The number of nitro groups is 1. The molecule has 0 radical (unpaired) electrons. The Balaban J connectivity index is 1.55. The quantitative estimate of drug-likeness (QED) is 0.387. The Morgan fingerprint density at radius 3 is 2.32 bits per heavy atom. The van der Waals surface area contributed by atoms with Gasteiger partial charge in [-0.25, -0.2) is 5.43 Å². The van der Waals surface area contributed by atoms with Crippen molar-refractivity contribution in [2.75, 3.05) is 5.32 Å². The molecule has 0 unspecified atom stereocenters. The largest absolute Gasteiger partial charge is 0.459 e. The normalized spacial score (nSPS) is 10.6. The maximum atomic E-state index is 12.1. The molecule has 0 spiro atoms. The number of hydrogen-bond donors (Lipinski definition) is 2. The fraction of sp³-hybridized carbons (Fsp3) is 0. The first kappa shape index (κ1) is 18.5. The van der Waals surface area contributed by atoms with Gasteiger partial charge in [0, 0.05) is 23.4 Å². The number of carbonyl (C=O) groups excluding carboxylic acids is 2. The number of furan rings is 1. The monoisotopic (exact) mass is 378 g/mol. The molecular weight excluding hydrogens is 364 g/mol. The predicted octanol–water partition coefficient (Wildman–Crippen LogP) is 3.20. The van der Waals surface area contributed by atoms with E-state index in [-0.39, 0.29) is 11.4 Å². The van der Waals surface area contributed by atoms with Gasteiger partial charge in [0.1, 0.15) is 0 Å². The minimum atomic E-state index is -0.497. The van der Waals surface area contributed by atoms with E-state index in [1.807, 2.05) is 0 Å². The van der Waals surface area contributed by atoms with E-state index >= 15 is 0 Å². The van der Waals surface area contributed by atoms with Crippen LogP contribution in [-0.2, 0) is 0 Å². The Kier molecular flexibility index (Phi) is 5.56. The third-order valence-electron chi connectivity index (χ3n) is 3.63. The smallest absolute Gasteiger partial charge is 0.291 e. The maximum absolute atomic E-state index is 12.1. The van der Waals surface area contributed by atoms with Crippen LogP contribution >= 0.6 is 0 Å². The molecule has 9 nitrogen and oxygen atoms in total. The molecule has 0 fully saturated rings. The van der Waals surface area contributed by atoms with Crippen LogP contribution in [0.1, 0.15) is 26.5 Å². The molecule has 28 heavy (non-hydrogen) atoms. The van der Waals surface area contributed by atoms with Gasteiger partial charge in [0.25, 0.3) is 17.5 Å². The summed E-state index contributed by atoms with van der Waals surface area (Å²) in [6.45, 7) is 0. The van der Waals surface area contributed by atoms with Crippen molar-refractivity contribution in [1.29, 1.82) is 0 Å². The molecule has 2 amide bonds. The van der Waals surface area contributed by atoms with Crippen LogP contribution in [0, 0.1) is 10.1 Å². The second kappa shape index (κ2) is 8.41. The van der Waals surface area contributed by atoms with Crippen molar-refractivity contribution in [3.63, 3.8) is 0 Å². The van der Waals surface area contributed by atoms with Gasteiger partial charge in [0.15, 0.2) is 5.76 Å². The minimum absolute atomic E-state index is 0.0274. The Labute approximate surface area is 158 Å². The molecular formula is C19H14N4O5. The van der Waals surface area contributed by atoms with Gasteiger partial charge in [-0.15, -0.1) is 0 Å². The summed E-state index contributed by atoms with van der Waals surface area (Å²) in [7, 11) is 0. The number of non-ortho nitro benzene ring substituents is 1. The van der Waals surface area contributed by atoms with Gasteiger partial charge in [-0.3, -0.25) is 19.7 Å². The number of carbonyl (C=O) groups is 2. The third kappa shape index (κ3) is 4.67. The predicted molar refractivity (Wildman–Crippen MR) is 101 cm³/mol. The van der Waals surface area contributed by atoms with Crippen LogP contribution in [0.15, 0.2) is 76.4 Å². The second-order valence-corrected chi connectivity index (χ2v) is 5.56. The second-order valence-electron chi connectivity index (χ2n) is 5.56. The minimum Gasteiger partial charge on any atom is -0.459 e. The molecule has 3 aromatic rings. The zero-order chi connectivity index (χ0) is 19.9. The highest BCUT2D eigenvalue weighted by atomic mass is 16.6. The van der Waals surface area contributed by atoms with E-state index in [1.54, 1.807) is 24.3 Å². The van der Waals surface area contributed by atoms with Gasteiger partial charge >= 0.3 is 0 Å². The molecule has 0 bridgehead atoms. The average molecular weight is 378 g/mol. The number of rotatable bonds is 6. The average Bonchev–Trinajstić information content (AvgIpc) is 3.24. The van der Waals surface area contributed by atoms with E-state index < -0.39 is 16.7 Å². The highest BCUT2D eigenvalue weighted by Crippen LogP contribution is 2.12. The van der Waals surface area contributed by atoms with Crippen molar-refractivity contribution < 1.29 is 18.9 Å². The summed E-state index contributed by atoms with van der Waals surface area (Å²) < 4.78 is 5.00. The number of anilines is 1. The Hall–Kier alpha value is -4.27. The lowest BCUT2D eigenvalue weighted by Gasteiger charge is -2.04.